The number of halogens is 2. The summed E-state index contributed by atoms with van der Waals surface area (Å²) in [6.45, 7) is 6.19. The molecule has 28 heavy (non-hydrogen) atoms. The third-order valence-electron chi connectivity index (χ3n) is 4.24. The van der Waals surface area contributed by atoms with Gasteiger partial charge in [-0.3, -0.25) is 9.69 Å². The normalized spacial score (nSPS) is 11.1. The fourth-order valence-electron chi connectivity index (χ4n) is 3.00. The third-order valence-corrected chi connectivity index (χ3v) is 4.63. The van der Waals surface area contributed by atoms with Gasteiger partial charge in [0.2, 0.25) is 0 Å². The first-order valence-corrected chi connectivity index (χ1v) is 9.40. The molecule has 8 nitrogen and oxygen atoms in total. The number of aryl methyl sites for hydroxylation is 2. The van der Waals surface area contributed by atoms with Gasteiger partial charge in [-0.15, -0.1) is 0 Å². The standard InChI is InChI=1S/C18H21Cl2N7O/c1-9(2)12-8-15(23-17-16(12)10(3)24-27(17)5)26(4)25-18(28)21-11-6-13(19)22-14(20)7-11/h6-9H,1-5H3,(H2,21,22,25,28). The summed E-state index contributed by atoms with van der Waals surface area (Å²) in [6.07, 6.45) is 0. The van der Waals surface area contributed by atoms with Crippen molar-refractivity contribution in [2.24, 2.45) is 7.05 Å². The number of urea groups is 1. The van der Waals surface area contributed by atoms with Crippen molar-refractivity contribution in [3.05, 3.63) is 39.8 Å². The van der Waals surface area contributed by atoms with Gasteiger partial charge in [-0.2, -0.15) is 5.10 Å². The molecule has 0 radical (unpaired) electrons. The second-order valence-corrected chi connectivity index (χ2v) is 7.53. The van der Waals surface area contributed by atoms with Gasteiger partial charge in [-0.1, -0.05) is 37.0 Å². The number of nitrogens with zero attached hydrogens (tertiary/aromatic N) is 5. The van der Waals surface area contributed by atoms with Crippen LogP contribution in [0.5, 0.6) is 0 Å². The van der Waals surface area contributed by atoms with Gasteiger partial charge < -0.3 is 5.32 Å². The quantitative estimate of drug-likeness (QED) is 0.484. The molecule has 0 aliphatic carbocycles. The van der Waals surface area contributed by atoms with Crippen molar-refractivity contribution in [2.75, 3.05) is 17.4 Å². The molecule has 2 amide bonds. The van der Waals surface area contributed by atoms with E-state index < -0.39 is 6.03 Å². The number of hydrogen-bond acceptors (Lipinski definition) is 5. The maximum absolute atomic E-state index is 12.4. The van der Waals surface area contributed by atoms with Crippen LogP contribution >= 0.6 is 23.2 Å². The van der Waals surface area contributed by atoms with E-state index in [9.17, 15) is 4.79 Å². The third kappa shape index (κ3) is 4.13. The molecule has 3 aromatic rings. The molecular formula is C18H21Cl2N7O. The number of rotatable bonds is 4. The van der Waals surface area contributed by atoms with E-state index in [4.69, 9.17) is 23.2 Å². The molecule has 0 spiro atoms. The SMILES string of the molecule is Cc1nn(C)c2nc(N(C)NC(=O)Nc3cc(Cl)nc(Cl)c3)cc(C(C)C)c12. The van der Waals surface area contributed by atoms with E-state index in [2.05, 4.69) is 39.7 Å². The smallest absolute Gasteiger partial charge is 0.306 e. The summed E-state index contributed by atoms with van der Waals surface area (Å²) in [6, 6.07) is 4.51. The first kappa shape index (κ1) is 20.2. The summed E-state index contributed by atoms with van der Waals surface area (Å²) in [5.41, 5.74) is 5.97. The van der Waals surface area contributed by atoms with Crippen LogP contribution in [0.25, 0.3) is 11.0 Å². The number of carbonyl (C=O) groups is 1. The van der Waals surface area contributed by atoms with Gasteiger partial charge in [0, 0.05) is 25.2 Å². The summed E-state index contributed by atoms with van der Waals surface area (Å²) in [4.78, 5) is 20.9. The van der Waals surface area contributed by atoms with E-state index in [1.54, 1.807) is 16.7 Å². The molecule has 3 heterocycles. The molecule has 0 aromatic carbocycles. The Bertz CT molecular complexity index is 1030. The van der Waals surface area contributed by atoms with Gasteiger partial charge >= 0.3 is 6.03 Å². The van der Waals surface area contributed by atoms with Gasteiger partial charge in [-0.25, -0.2) is 20.2 Å². The summed E-state index contributed by atoms with van der Waals surface area (Å²) in [5, 5.41) is 10.1. The minimum Gasteiger partial charge on any atom is -0.306 e. The van der Waals surface area contributed by atoms with Crippen molar-refractivity contribution in [1.29, 1.82) is 0 Å². The minimum absolute atomic E-state index is 0.191. The molecule has 0 unspecified atom stereocenters. The molecule has 0 aliphatic rings. The van der Waals surface area contributed by atoms with Crippen LogP contribution in [0, 0.1) is 6.92 Å². The Labute approximate surface area is 172 Å². The van der Waals surface area contributed by atoms with Crippen molar-refractivity contribution in [1.82, 2.24) is 25.2 Å². The van der Waals surface area contributed by atoms with Crippen LogP contribution in [-0.2, 0) is 7.05 Å². The van der Waals surface area contributed by atoms with E-state index in [1.165, 1.54) is 12.1 Å². The number of hydrazine groups is 1. The van der Waals surface area contributed by atoms with Crippen LogP contribution in [0.4, 0.5) is 16.3 Å². The lowest BCUT2D eigenvalue weighted by Crippen LogP contribution is -2.42. The Morgan fingerprint density at radius 1 is 1.18 bits per heavy atom. The molecule has 148 valence electrons. The summed E-state index contributed by atoms with van der Waals surface area (Å²) >= 11 is 11.7. The van der Waals surface area contributed by atoms with Gasteiger partial charge in [-0.05, 0) is 36.6 Å². The molecule has 0 atom stereocenters. The lowest BCUT2D eigenvalue weighted by atomic mass is 10.00. The average molecular weight is 422 g/mol. The lowest BCUT2D eigenvalue weighted by molar-refractivity contribution is 0.251. The molecule has 0 aliphatic heterocycles. The molecule has 10 heteroatoms. The van der Waals surface area contributed by atoms with Crippen LogP contribution < -0.4 is 15.8 Å². The summed E-state index contributed by atoms with van der Waals surface area (Å²) in [7, 11) is 3.57. The summed E-state index contributed by atoms with van der Waals surface area (Å²) in [5.74, 6) is 0.871. The van der Waals surface area contributed by atoms with Gasteiger partial charge in [0.15, 0.2) is 5.65 Å². The Balaban J connectivity index is 1.85. The summed E-state index contributed by atoms with van der Waals surface area (Å²) < 4.78 is 1.74. The molecule has 2 N–H and O–H groups in total. The van der Waals surface area contributed by atoms with Gasteiger partial charge in [0.25, 0.3) is 0 Å². The highest BCUT2D eigenvalue weighted by molar-refractivity contribution is 6.33. The van der Waals surface area contributed by atoms with Crippen LogP contribution in [0.2, 0.25) is 10.3 Å². The number of fused-ring (bicyclic) bond motifs is 1. The first-order chi connectivity index (χ1) is 13.2. The number of nitrogens with one attached hydrogen (secondary N) is 2. The van der Waals surface area contributed by atoms with Gasteiger partial charge in [0.1, 0.15) is 16.1 Å². The number of amides is 2. The maximum atomic E-state index is 12.4. The number of carbonyl (C=O) groups excluding carboxylic acids is 1. The molecule has 0 bridgehead atoms. The van der Waals surface area contributed by atoms with E-state index in [-0.39, 0.29) is 16.2 Å². The van der Waals surface area contributed by atoms with Crippen molar-refractivity contribution in [2.45, 2.75) is 26.7 Å². The van der Waals surface area contributed by atoms with Crippen molar-refractivity contribution < 1.29 is 4.79 Å². The molecule has 0 saturated carbocycles. The average Bonchev–Trinajstić information content (AvgIpc) is 2.87. The zero-order valence-corrected chi connectivity index (χ0v) is 17.7. The minimum atomic E-state index is -0.463. The second kappa shape index (κ2) is 7.81. The molecule has 0 fully saturated rings. The maximum Gasteiger partial charge on any atom is 0.338 e. The highest BCUT2D eigenvalue weighted by Crippen LogP contribution is 2.29. The number of aromatic nitrogens is 4. The highest BCUT2D eigenvalue weighted by Gasteiger charge is 2.18. The second-order valence-electron chi connectivity index (χ2n) is 6.76. The van der Waals surface area contributed by atoms with E-state index in [1.807, 2.05) is 20.0 Å². The van der Waals surface area contributed by atoms with Crippen LogP contribution in [0.1, 0.15) is 31.0 Å². The van der Waals surface area contributed by atoms with Crippen LogP contribution in [-0.4, -0.2) is 32.8 Å². The molecule has 3 aromatic heterocycles. The van der Waals surface area contributed by atoms with E-state index in [0.717, 1.165) is 22.3 Å². The van der Waals surface area contributed by atoms with Crippen LogP contribution in [0.3, 0.4) is 0 Å². The zero-order chi connectivity index (χ0) is 20.6. The zero-order valence-electron chi connectivity index (χ0n) is 16.2. The monoisotopic (exact) mass is 421 g/mol. The first-order valence-electron chi connectivity index (χ1n) is 8.64. The fourth-order valence-corrected chi connectivity index (χ4v) is 3.46. The van der Waals surface area contributed by atoms with E-state index >= 15 is 0 Å². The van der Waals surface area contributed by atoms with Crippen LogP contribution in [0.15, 0.2) is 18.2 Å². The Morgan fingerprint density at radius 3 is 2.43 bits per heavy atom. The van der Waals surface area contributed by atoms with Crippen molar-refractivity contribution in [3.63, 3.8) is 0 Å². The largest absolute Gasteiger partial charge is 0.338 e. The molecule has 3 rings (SSSR count). The lowest BCUT2D eigenvalue weighted by Gasteiger charge is -2.21. The van der Waals surface area contributed by atoms with Crippen molar-refractivity contribution in [3.8, 4) is 0 Å². The molecule has 0 saturated heterocycles. The Morgan fingerprint density at radius 2 is 1.82 bits per heavy atom. The van der Waals surface area contributed by atoms with E-state index in [0.29, 0.717) is 11.5 Å². The fraction of sp³-hybridized carbons (Fsp3) is 0.333. The predicted molar refractivity (Wildman–Crippen MR) is 112 cm³/mol. The number of pyridine rings is 2. The topological polar surface area (TPSA) is 88.0 Å². The Hall–Kier alpha value is -2.58. The highest BCUT2D eigenvalue weighted by atomic mass is 35.5. The number of hydrogen-bond donors (Lipinski definition) is 2. The van der Waals surface area contributed by atoms with Crippen molar-refractivity contribution >= 4 is 51.8 Å². The Kier molecular flexibility index (Phi) is 5.62. The van der Waals surface area contributed by atoms with Gasteiger partial charge in [0.05, 0.1) is 5.69 Å². The number of anilines is 2. The molecular weight excluding hydrogens is 401 g/mol. The predicted octanol–water partition coefficient (Wildman–Crippen LogP) is 4.27.